The van der Waals surface area contributed by atoms with Crippen LogP contribution in [-0.2, 0) is 4.79 Å². The first kappa shape index (κ1) is 14.0. The first-order valence-electron chi connectivity index (χ1n) is 5.60. The Hall–Kier alpha value is -2.08. The molecule has 98 valence electrons. The van der Waals surface area contributed by atoms with Crippen molar-refractivity contribution in [1.29, 1.82) is 0 Å². The highest BCUT2D eigenvalue weighted by Gasteiger charge is 2.14. The van der Waals surface area contributed by atoms with Crippen LogP contribution in [0.15, 0.2) is 18.2 Å². The Morgan fingerprint density at radius 2 is 2.28 bits per heavy atom. The predicted molar refractivity (Wildman–Crippen MR) is 68.7 cm³/mol. The molecule has 0 saturated carbocycles. The number of benzene rings is 1. The summed E-state index contributed by atoms with van der Waals surface area (Å²) >= 11 is 0. The summed E-state index contributed by atoms with van der Waals surface area (Å²) in [7, 11) is 1.45. The Morgan fingerprint density at radius 3 is 2.89 bits per heavy atom. The Labute approximate surface area is 105 Å². The van der Waals surface area contributed by atoms with Gasteiger partial charge in [0.2, 0.25) is 6.41 Å². The van der Waals surface area contributed by atoms with Crippen molar-refractivity contribution in [2.75, 3.05) is 25.5 Å². The minimum atomic E-state index is -0.255. The fraction of sp³-hybridized carbons (Fsp3) is 0.333. The first-order valence-corrected chi connectivity index (χ1v) is 5.60. The van der Waals surface area contributed by atoms with E-state index in [4.69, 9.17) is 10.5 Å². The average Bonchev–Trinajstić information content (AvgIpc) is 2.39. The molecule has 4 N–H and O–H groups in total. The summed E-state index contributed by atoms with van der Waals surface area (Å²) in [5.41, 5.74) is 6.18. The van der Waals surface area contributed by atoms with Crippen molar-refractivity contribution in [2.45, 2.75) is 6.42 Å². The van der Waals surface area contributed by atoms with E-state index in [1.807, 2.05) is 0 Å². The zero-order valence-corrected chi connectivity index (χ0v) is 10.2. The molecule has 0 spiro atoms. The molecule has 2 amide bonds. The molecule has 0 fully saturated rings. The second-order valence-corrected chi connectivity index (χ2v) is 3.55. The number of anilines is 1. The number of hydrogen-bond acceptors (Lipinski definition) is 4. The SMILES string of the molecule is COc1c(NC=O)cccc1C(=O)NCCCN. The third kappa shape index (κ3) is 3.46. The summed E-state index contributed by atoms with van der Waals surface area (Å²) in [6, 6.07) is 4.96. The molecule has 1 rings (SSSR count). The fourth-order valence-electron chi connectivity index (χ4n) is 1.51. The molecule has 0 radical (unpaired) electrons. The molecular formula is C12H17N3O3. The van der Waals surface area contributed by atoms with Crippen molar-refractivity contribution >= 4 is 18.0 Å². The van der Waals surface area contributed by atoms with Crippen molar-refractivity contribution in [3.63, 3.8) is 0 Å². The number of ether oxygens (including phenoxy) is 1. The van der Waals surface area contributed by atoms with Crippen LogP contribution in [0.25, 0.3) is 0 Å². The van der Waals surface area contributed by atoms with Gasteiger partial charge in [0.1, 0.15) is 0 Å². The molecule has 0 unspecified atom stereocenters. The average molecular weight is 251 g/mol. The summed E-state index contributed by atoms with van der Waals surface area (Å²) in [6.45, 7) is 1.02. The topological polar surface area (TPSA) is 93.4 Å². The zero-order valence-electron chi connectivity index (χ0n) is 10.2. The van der Waals surface area contributed by atoms with Gasteiger partial charge in [-0.2, -0.15) is 0 Å². The summed E-state index contributed by atoms with van der Waals surface area (Å²) in [5, 5.41) is 5.21. The molecule has 0 aromatic heterocycles. The lowest BCUT2D eigenvalue weighted by Gasteiger charge is -2.12. The Bertz CT molecular complexity index is 421. The van der Waals surface area contributed by atoms with Crippen LogP contribution in [0.1, 0.15) is 16.8 Å². The summed E-state index contributed by atoms with van der Waals surface area (Å²) < 4.78 is 5.15. The normalized spacial score (nSPS) is 9.67. The molecule has 6 heteroatoms. The van der Waals surface area contributed by atoms with Crippen molar-refractivity contribution in [2.24, 2.45) is 5.73 Å². The van der Waals surface area contributed by atoms with E-state index in [1.54, 1.807) is 18.2 Å². The number of nitrogens with one attached hydrogen (secondary N) is 2. The maximum Gasteiger partial charge on any atom is 0.255 e. The van der Waals surface area contributed by atoms with Gasteiger partial charge in [-0.25, -0.2) is 0 Å². The second-order valence-electron chi connectivity index (χ2n) is 3.55. The van der Waals surface area contributed by atoms with Crippen LogP contribution >= 0.6 is 0 Å². The van der Waals surface area contributed by atoms with Crippen molar-refractivity contribution in [3.05, 3.63) is 23.8 Å². The van der Waals surface area contributed by atoms with Gasteiger partial charge in [0.25, 0.3) is 5.91 Å². The molecule has 0 saturated heterocycles. The van der Waals surface area contributed by atoms with Crippen LogP contribution in [0.3, 0.4) is 0 Å². The lowest BCUT2D eigenvalue weighted by Crippen LogP contribution is -2.26. The van der Waals surface area contributed by atoms with E-state index in [1.165, 1.54) is 7.11 Å². The number of methoxy groups -OCH3 is 1. The van der Waals surface area contributed by atoms with Gasteiger partial charge in [-0.1, -0.05) is 6.07 Å². The van der Waals surface area contributed by atoms with Gasteiger partial charge in [-0.3, -0.25) is 9.59 Å². The van der Waals surface area contributed by atoms with Gasteiger partial charge in [0.15, 0.2) is 5.75 Å². The van der Waals surface area contributed by atoms with Crippen LogP contribution in [0.2, 0.25) is 0 Å². The fourth-order valence-corrected chi connectivity index (χ4v) is 1.51. The van der Waals surface area contributed by atoms with Gasteiger partial charge in [0.05, 0.1) is 18.4 Å². The van der Waals surface area contributed by atoms with E-state index in [0.717, 1.165) is 0 Å². The number of para-hydroxylation sites is 1. The first-order chi connectivity index (χ1) is 8.74. The van der Waals surface area contributed by atoms with Gasteiger partial charge in [-0.05, 0) is 25.1 Å². The lowest BCUT2D eigenvalue weighted by atomic mass is 10.1. The minimum Gasteiger partial charge on any atom is -0.494 e. The number of hydrogen-bond donors (Lipinski definition) is 3. The third-order valence-electron chi connectivity index (χ3n) is 2.34. The van der Waals surface area contributed by atoms with Crippen molar-refractivity contribution in [3.8, 4) is 5.75 Å². The standard InChI is InChI=1S/C12H17N3O3/c1-18-11-9(12(17)14-7-3-6-13)4-2-5-10(11)15-8-16/h2,4-5,8H,3,6-7,13H2,1H3,(H,14,17)(H,15,16). The van der Waals surface area contributed by atoms with E-state index >= 15 is 0 Å². The number of carbonyl (C=O) groups is 2. The number of amides is 2. The van der Waals surface area contributed by atoms with Crippen molar-refractivity contribution < 1.29 is 14.3 Å². The van der Waals surface area contributed by atoms with Crippen LogP contribution in [0.4, 0.5) is 5.69 Å². The Morgan fingerprint density at radius 1 is 1.50 bits per heavy atom. The van der Waals surface area contributed by atoms with E-state index in [0.29, 0.717) is 42.9 Å². The predicted octanol–water partition coefficient (Wildman–Crippen LogP) is 0.342. The Kier molecular flexibility index (Phi) is 5.66. The summed E-state index contributed by atoms with van der Waals surface area (Å²) in [6.07, 6.45) is 1.24. The van der Waals surface area contributed by atoms with Crippen LogP contribution in [0, 0.1) is 0 Å². The monoisotopic (exact) mass is 251 g/mol. The molecule has 6 nitrogen and oxygen atoms in total. The van der Waals surface area contributed by atoms with Gasteiger partial charge >= 0.3 is 0 Å². The molecule has 0 aliphatic carbocycles. The Balaban J connectivity index is 2.89. The van der Waals surface area contributed by atoms with Crippen LogP contribution in [-0.4, -0.2) is 32.5 Å². The third-order valence-corrected chi connectivity index (χ3v) is 2.34. The summed E-state index contributed by atoms with van der Waals surface area (Å²) in [4.78, 5) is 22.4. The molecule has 0 aliphatic rings. The number of carbonyl (C=O) groups excluding carboxylic acids is 2. The molecule has 0 heterocycles. The molecule has 0 bridgehead atoms. The van der Waals surface area contributed by atoms with Gasteiger partial charge in [0, 0.05) is 6.54 Å². The van der Waals surface area contributed by atoms with Gasteiger partial charge in [-0.15, -0.1) is 0 Å². The summed E-state index contributed by atoms with van der Waals surface area (Å²) in [5.74, 6) is 0.0877. The van der Waals surface area contributed by atoms with Crippen LogP contribution < -0.4 is 21.1 Å². The quantitative estimate of drug-likeness (QED) is 0.481. The van der Waals surface area contributed by atoms with Crippen molar-refractivity contribution in [1.82, 2.24) is 5.32 Å². The highest BCUT2D eigenvalue weighted by atomic mass is 16.5. The molecule has 18 heavy (non-hydrogen) atoms. The zero-order chi connectivity index (χ0) is 13.4. The minimum absolute atomic E-state index is 0.255. The largest absolute Gasteiger partial charge is 0.494 e. The molecule has 0 aliphatic heterocycles. The van der Waals surface area contributed by atoms with Crippen LogP contribution in [0.5, 0.6) is 5.75 Å². The van der Waals surface area contributed by atoms with Gasteiger partial charge < -0.3 is 21.1 Å². The highest BCUT2D eigenvalue weighted by Crippen LogP contribution is 2.28. The van der Waals surface area contributed by atoms with E-state index in [2.05, 4.69) is 10.6 Å². The molecule has 1 aromatic rings. The van der Waals surface area contributed by atoms with E-state index < -0.39 is 0 Å². The van der Waals surface area contributed by atoms with E-state index in [-0.39, 0.29) is 5.91 Å². The maximum atomic E-state index is 11.9. The smallest absolute Gasteiger partial charge is 0.255 e. The van der Waals surface area contributed by atoms with E-state index in [9.17, 15) is 9.59 Å². The molecular weight excluding hydrogens is 234 g/mol. The second kappa shape index (κ2) is 7.29. The molecule has 1 aromatic carbocycles. The number of nitrogens with two attached hydrogens (primary N) is 1. The maximum absolute atomic E-state index is 11.9. The molecule has 0 atom stereocenters. The highest BCUT2D eigenvalue weighted by molar-refractivity contribution is 5.99. The number of rotatable bonds is 7. The lowest BCUT2D eigenvalue weighted by molar-refractivity contribution is -0.105.